The van der Waals surface area contributed by atoms with Crippen LogP contribution < -0.4 is 5.32 Å². The first-order chi connectivity index (χ1) is 12.4. The molecule has 0 saturated heterocycles. The van der Waals surface area contributed by atoms with Crippen molar-refractivity contribution in [3.05, 3.63) is 29.8 Å². The van der Waals surface area contributed by atoms with Crippen LogP contribution >= 0.6 is 0 Å². The molecule has 0 aliphatic heterocycles. The molecule has 0 unspecified atom stereocenters. The van der Waals surface area contributed by atoms with Crippen molar-refractivity contribution in [2.45, 2.75) is 70.2 Å². The molecule has 0 radical (unpaired) electrons. The summed E-state index contributed by atoms with van der Waals surface area (Å²) in [6.45, 7) is 6.85. The molecule has 0 atom stereocenters. The SMILES string of the molecule is CCN(CC)S(=O)(=O)c1ccc(CCC(=O)NC2CCC(C)CC2)cc1. The van der Waals surface area contributed by atoms with E-state index in [9.17, 15) is 13.2 Å². The minimum atomic E-state index is -3.42. The maximum absolute atomic E-state index is 12.5. The smallest absolute Gasteiger partial charge is 0.243 e. The van der Waals surface area contributed by atoms with Gasteiger partial charge in [-0.2, -0.15) is 4.31 Å². The Bertz CT molecular complexity index is 674. The van der Waals surface area contributed by atoms with Crippen LogP contribution in [0, 0.1) is 5.92 Å². The van der Waals surface area contributed by atoms with Gasteiger partial charge in [-0.15, -0.1) is 0 Å². The first-order valence-corrected chi connectivity index (χ1v) is 11.2. The van der Waals surface area contributed by atoms with Gasteiger partial charge in [-0.3, -0.25) is 4.79 Å². The fourth-order valence-electron chi connectivity index (χ4n) is 3.50. The van der Waals surface area contributed by atoms with Crippen LogP contribution in [-0.4, -0.2) is 37.8 Å². The molecule has 1 aromatic carbocycles. The zero-order chi connectivity index (χ0) is 19.2. The van der Waals surface area contributed by atoms with Crippen LogP contribution in [0.2, 0.25) is 0 Å². The maximum atomic E-state index is 12.5. The Morgan fingerprint density at radius 1 is 1.08 bits per heavy atom. The lowest BCUT2D eigenvalue weighted by molar-refractivity contribution is -0.122. The van der Waals surface area contributed by atoms with Gasteiger partial charge in [0.15, 0.2) is 0 Å². The lowest BCUT2D eigenvalue weighted by atomic mass is 9.87. The van der Waals surface area contributed by atoms with Gasteiger partial charge in [-0.1, -0.05) is 32.9 Å². The molecular weight excluding hydrogens is 348 g/mol. The van der Waals surface area contributed by atoms with E-state index in [4.69, 9.17) is 0 Å². The minimum absolute atomic E-state index is 0.0874. The van der Waals surface area contributed by atoms with Gasteiger partial charge in [0.05, 0.1) is 4.90 Å². The summed E-state index contributed by atoms with van der Waals surface area (Å²) < 4.78 is 26.4. The average molecular weight is 381 g/mol. The molecule has 146 valence electrons. The van der Waals surface area contributed by atoms with Gasteiger partial charge in [0.25, 0.3) is 0 Å². The Hall–Kier alpha value is -1.40. The van der Waals surface area contributed by atoms with Crippen molar-refractivity contribution in [1.29, 1.82) is 0 Å². The highest BCUT2D eigenvalue weighted by Gasteiger charge is 2.21. The molecule has 1 aliphatic carbocycles. The van der Waals surface area contributed by atoms with Crippen molar-refractivity contribution in [1.82, 2.24) is 9.62 Å². The van der Waals surface area contributed by atoms with E-state index < -0.39 is 10.0 Å². The van der Waals surface area contributed by atoms with E-state index in [0.29, 0.717) is 36.9 Å². The third-order valence-electron chi connectivity index (χ3n) is 5.29. The number of hydrogen-bond donors (Lipinski definition) is 1. The van der Waals surface area contributed by atoms with E-state index in [-0.39, 0.29) is 5.91 Å². The summed E-state index contributed by atoms with van der Waals surface area (Å²) in [5.41, 5.74) is 0.982. The first kappa shape index (κ1) is 20.9. The molecule has 1 aliphatic rings. The van der Waals surface area contributed by atoms with Gasteiger partial charge < -0.3 is 5.32 Å². The van der Waals surface area contributed by atoms with Crippen molar-refractivity contribution < 1.29 is 13.2 Å². The molecule has 1 fully saturated rings. The van der Waals surface area contributed by atoms with Gasteiger partial charge in [-0.25, -0.2) is 8.42 Å². The number of carbonyl (C=O) groups is 1. The van der Waals surface area contributed by atoms with Crippen molar-refractivity contribution in [2.75, 3.05) is 13.1 Å². The van der Waals surface area contributed by atoms with Crippen LogP contribution in [0.25, 0.3) is 0 Å². The summed E-state index contributed by atoms with van der Waals surface area (Å²) in [7, 11) is -3.42. The third-order valence-corrected chi connectivity index (χ3v) is 7.35. The zero-order valence-electron chi connectivity index (χ0n) is 16.2. The molecule has 0 heterocycles. The Morgan fingerprint density at radius 2 is 1.65 bits per heavy atom. The van der Waals surface area contributed by atoms with Crippen molar-refractivity contribution >= 4 is 15.9 Å². The molecule has 1 N–H and O–H groups in total. The molecule has 0 spiro atoms. The molecule has 26 heavy (non-hydrogen) atoms. The van der Waals surface area contributed by atoms with E-state index in [1.54, 1.807) is 12.1 Å². The second-order valence-corrected chi connectivity index (χ2v) is 9.20. The van der Waals surface area contributed by atoms with Crippen LogP contribution in [-0.2, 0) is 21.2 Å². The number of benzene rings is 1. The van der Waals surface area contributed by atoms with E-state index in [1.807, 2.05) is 26.0 Å². The number of carbonyl (C=O) groups excluding carboxylic acids is 1. The molecule has 1 aromatic rings. The molecule has 0 bridgehead atoms. The topological polar surface area (TPSA) is 66.5 Å². The Labute approximate surface area is 158 Å². The maximum Gasteiger partial charge on any atom is 0.243 e. The molecule has 1 saturated carbocycles. The van der Waals surface area contributed by atoms with Crippen LogP contribution in [0.5, 0.6) is 0 Å². The predicted octanol–water partition coefficient (Wildman–Crippen LogP) is 3.34. The van der Waals surface area contributed by atoms with E-state index in [1.165, 1.54) is 17.1 Å². The van der Waals surface area contributed by atoms with Crippen LogP contribution in [0.1, 0.15) is 58.4 Å². The molecule has 5 nitrogen and oxygen atoms in total. The summed E-state index contributed by atoms with van der Waals surface area (Å²) >= 11 is 0. The summed E-state index contributed by atoms with van der Waals surface area (Å²) in [6.07, 6.45) is 5.59. The number of amides is 1. The zero-order valence-corrected chi connectivity index (χ0v) is 17.0. The second kappa shape index (κ2) is 9.51. The molecule has 6 heteroatoms. The highest BCUT2D eigenvalue weighted by molar-refractivity contribution is 7.89. The fourth-order valence-corrected chi connectivity index (χ4v) is 4.96. The number of aryl methyl sites for hydroxylation is 1. The standard InChI is InChI=1S/C20H32N2O3S/c1-4-22(5-2)26(24,25)19-13-8-17(9-14-19)10-15-20(23)21-18-11-6-16(3)7-12-18/h8-9,13-14,16,18H,4-7,10-12,15H2,1-3H3,(H,21,23). The van der Waals surface area contributed by atoms with Gasteiger partial charge in [0.1, 0.15) is 0 Å². The number of nitrogens with zero attached hydrogens (tertiary/aromatic N) is 1. The Kier molecular flexibility index (Phi) is 7.65. The largest absolute Gasteiger partial charge is 0.353 e. The predicted molar refractivity (Wildman–Crippen MR) is 104 cm³/mol. The Morgan fingerprint density at radius 3 is 2.19 bits per heavy atom. The molecular formula is C20H32N2O3S. The van der Waals surface area contributed by atoms with Crippen molar-refractivity contribution in [2.24, 2.45) is 5.92 Å². The number of hydrogen-bond acceptors (Lipinski definition) is 3. The van der Waals surface area contributed by atoms with Gasteiger partial charge in [0, 0.05) is 25.6 Å². The second-order valence-electron chi connectivity index (χ2n) is 7.26. The fraction of sp³-hybridized carbons (Fsp3) is 0.650. The van der Waals surface area contributed by atoms with Crippen LogP contribution in [0.3, 0.4) is 0 Å². The number of rotatable bonds is 8. The van der Waals surface area contributed by atoms with Gasteiger partial charge in [-0.05, 0) is 55.7 Å². The average Bonchev–Trinajstić information content (AvgIpc) is 2.63. The lowest BCUT2D eigenvalue weighted by Crippen LogP contribution is -2.37. The van der Waals surface area contributed by atoms with E-state index >= 15 is 0 Å². The quantitative estimate of drug-likeness (QED) is 0.752. The first-order valence-electron chi connectivity index (χ1n) is 9.75. The van der Waals surface area contributed by atoms with E-state index in [2.05, 4.69) is 12.2 Å². The lowest BCUT2D eigenvalue weighted by Gasteiger charge is -2.26. The normalized spacial score (nSPS) is 20.9. The van der Waals surface area contributed by atoms with E-state index in [0.717, 1.165) is 24.3 Å². The minimum Gasteiger partial charge on any atom is -0.353 e. The summed E-state index contributed by atoms with van der Waals surface area (Å²) in [5.74, 6) is 0.860. The van der Waals surface area contributed by atoms with Gasteiger partial charge >= 0.3 is 0 Å². The highest BCUT2D eigenvalue weighted by Crippen LogP contribution is 2.23. The Balaban J connectivity index is 1.86. The third kappa shape index (κ3) is 5.55. The van der Waals surface area contributed by atoms with Crippen LogP contribution in [0.15, 0.2) is 29.2 Å². The summed E-state index contributed by atoms with van der Waals surface area (Å²) in [6, 6.07) is 7.23. The van der Waals surface area contributed by atoms with Gasteiger partial charge in [0.2, 0.25) is 15.9 Å². The molecule has 2 rings (SSSR count). The molecule has 1 amide bonds. The molecule has 0 aromatic heterocycles. The number of nitrogens with one attached hydrogen (secondary N) is 1. The monoisotopic (exact) mass is 380 g/mol. The highest BCUT2D eigenvalue weighted by atomic mass is 32.2. The number of sulfonamides is 1. The van der Waals surface area contributed by atoms with Crippen LogP contribution in [0.4, 0.5) is 0 Å². The summed E-state index contributed by atoms with van der Waals surface area (Å²) in [5, 5.41) is 3.13. The van der Waals surface area contributed by atoms with Crippen molar-refractivity contribution in [3.63, 3.8) is 0 Å². The van der Waals surface area contributed by atoms with Crippen molar-refractivity contribution in [3.8, 4) is 0 Å². The summed E-state index contributed by atoms with van der Waals surface area (Å²) in [4.78, 5) is 12.5.